The van der Waals surface area contributed by atoms with Gasteiger partial charge in [0.1, 0.15) is 6.61 Å². The van der Waals surface area contributed by atoms with Crippen LogP contribution in [0.2, 0.25) is 5.02 Å². The van der Waals surface area contributed by atoms with Crippen LogP contribution in [0, 0.1) is 10.1 Å². The molecule has 10 nitrogen and oxygen atoms in total. The standard InChI is InChI=1S/C26H21ClF3N3O7/c1-4-9-39-21-7-5-16(12-22(21)37-2)25(34)32-31-14-15-10-18(27)24(23(11-15)38-3)40-20-8-6-17(26(28,29)30)13-19(20)33(35)36/h4-8,10-14H,1,9H2,2-3H3,(H,32,34)/b31-14+. The fourth-order valence-electron chi connectivity index (χ4n) is 3.25. The maximum absolute atomic E-state index is 13.0. The lowest BCUT2D eigenvalue weighted by Crippen LogP contribution is -2.17. The van der Waals surface area contributed by atoms with Crippen LogP contribution in [-0.2, 0) is 6.18 Å². The fourth-order valence-corrected chi connectivity index (χ4v) is 3.51. The third kappa shape index (κ3) is 7.20. The van der Waals surface area contributed by atoms with Crippen LogP contribution in [0.15, 0.2) is 66.3 Å². The number of rotatable bonds is 11. The normalized spacial score (nSPS) is 11.2. The van der Waals surface area contributed by atoms with Crippen LogP contribution in [0.25, 0.3) is 0 Å². The number of benzene rings is 3. The molecule has 0 bridgehead atoms. The van der Waals surface area contributed by atoms with Gasteiger partial charge >= 0.3 is 11.9 Å². The van der Waals surface area contributed by atoms with Gasteiger partial charge in [-0.05, 0) is 48.0 Å². The minimum atomic E-state index is -4.79. The van der Waals surface area contributed by atoms with Crippen LogP contribution in [-0.4, -0.2) is 37.9 Å². The second kappa shape index (κ2) is 12.8. The number of hydrogen-bond donors (Lipinski definition) is 1. The summed E-state index contributed by atoms with van der Waals surface area (Å²) in [6.45, 7) is 3.82. The van der Waals surface area contributed by atoms with Gasteiger partial charge in [-0.3, -0.25) is 14.9 Å². The lowest BCUT2D eigenvalue weighted by molar-refractivity contribution is -0.385. The molecule has 3 aromatic carbocycles. The fraction of sp³-hybridized carbons (Fsp3) is 0.154. The summed E-state index contributed by atoms with van der Waals surface area (Å²) >= 11 is 6.28. The molecule has 210 valence electrons. The van der Waals surface area contributed by atoms with Gasteiger partial charge in [-0.2, -0.15) is 18.3 Å². The predicted molar refractivity (Wildman–Crippen MR) is 140 cm³/mol. The zero-order valence-corrected chi connectivity index (χ0v) is 21.7. The Bertz CT molecular complexity index is 1460. The molecule has 0 atom stereocenters. The second-order valence-electron chi connectivity index (χ2n) is 7.74. The summed E-state index contributed by atoms with van der Waals surface area (Å²) in [5, 5.41) is 15.2. The minimum absolute atomic E-state index is 0.00526. The van der Waals surface area contributed by atoms with Gasteiger partial charge in [0.05, 0.1) is 35.9 Å². The highest BCUT2D eigenvalue weighted by atomic mass is 35.5. The number of carbonyl (C=O) groups is 1. The Morgan fingerprint density at radius 3 is 2.40 bits per heavy atom. The van der Waals surface area contributed by atoms with Crippen LogP contribution >= 0.6 is 11.6 Å². The zero-order chi connectivity index (χ0) is 29.4. The maximum Gasteiger partial charge on any atom is 0.416 e. The van der Waals surface area contributed by atoms with E-state index in [-0.39, 0.29) is 28.7 Å². The van der Waals surface area contributed by atoms with Gasteiger partial charge in [0, 0.05) is 11.6 Å². The SMILES string of the molecule is C=CCOc1ccc(C(=O)N/N=C/c2cc(Cl)c(Oc3ccc(C(F)(F)F)cc3[N+](=O)[O-])c(OC)c2)cc1OC. The number of hydrogen-bond acceptors (Lipinski definition) is 8. The molecule has 0 aliphatic carbocycles. The smallest absolute Gasteiger partial charge is 0.416 e. The molecule has 0 spiro atoms. The summed E-state index contributed by atoms with van der Waals surface area (Å²) in [4.78, 5) is 22.9. The first kappa shape index (κ1) is 29.8. The summed E-state index contributed by atoms with van der Waals surface area (Å²) in [6, 6.07) is 9.09. The molecule has 1 amide bonds. The van der Waals surface area contributed by atoms with Gasteiger partial charge in [0.15, 0.2) is 23.0 Å². The highest BCUT2D eigenvalue weighted by Gasteiger charge is 2.33. The molecule has 0 fully saturated rings. The van der Waals surface area contributed by atoms with E-state index in [9.17, 15) is 28.1 Å². The van der Waals surface area contributed by atoms with Crippen molar-refractivity contribution in [3.8, 4) is 28.7 Å². The Morgan fingerprint density at radius 2 is 1.77 bits per heavy atom. The van der Waals surface area contributed by atoms with E-state index in [2.05, 4.69) is 17.1 Å². The number of ether oxygens (including phenoxy) is 4. The van der Waals surface area contributed by atoms with Gasteiger partial charge < -0.3 is 18.9 Å². The molecular weight excluding hydrogens is 559 g/mol. The Hall–Kier alpha value is -4.78. The molecule has 0 saturated carbocycles. The number of hydrazone groups is 1. The summed E-state index contributed by atoms with van der Waals surface area (Å²) in [5.74, 6) is -0.471. The molecule has 0 saturated heterocycles. The number of nitro groups is 1. The molecule has 0 radical (unpaired) electrons. The van der Waals surface area contributed by atoms with E-state index in [0.29, 0.717) is 29.2 Å². The van der Waals surface area contributed by atoms with Crippen molar-refractivity contribution in [2.45, 2.75) is 6.18 Å². The molecule has 40 heavy (non-hydrogen) atoms. The first-order valence-corrected chi connectivity index (χ1v) is 11.5. The average molecular weight is 580 g/mol. The first-order valence-electron chi connectivity index (χ1n) is 11.1. The third-order valence-corrected chi connectivity index (χ3v) is 5.39. The number of carbonyl (C=O) groups excluding carboxylic acids is 1. The van der Waals surface area contributed by atoms with Gasteiger partial charge in [0.2, 0.25) is 5.75 Å². The van der Waals surface area contributed by atoms with E-state index >= 15 is 0 Å². The van der Waals surface area contributed by atoms with Crippen molar-refractivity contribution in [2.75, 3.05) is 20.8 Å². The predicted octanol–water partition coefficient (Wildman–Crippen LogP) is 6.41. The molecule has 0 aromatic heterocycles. The van der Waals surface area contributed by atoms with E-state index in [4.69, 9.17) is 30.5 Å². The van der Waals surface area contributed by atoms with Crippen molar-refractivity contribution in [3.05, 3.63) is 93.0 Å². The summed E-state index contributed by atoms with van der Waals surface area (Å²) < 4.78 is 60.4. The van der Waals surface area contributed by atoms with Gasteiger partial charge in [-0.1, -0.05) is 24.3 Å². The molecule has 3 rings (SSSR count). The number of nitro benzene ring substituents is 1. The Kier molecular flexibility index (Phi) is 9.56. The van der Waals surface area contributed by atoms with E-state index in [0.717, 1.165) is 6.07 Å². The van der Waals surface area contributed by atoms with Gasteiger partial charge in [0.25, 0.3) is 5.91 Å². The van der Waals surface area contributed by atoms with Crippen molar-refractivity contribution in [1.29, 1.82) is 0 Å². The number of alkyl halides is 3. The van der Waals surface area contributed by atoms with Crippen LogP contribution < -0.4 is 24.4 Å². The minimum Gasteiger partial charge on any atom is -0.493 e. The molecule has 0 aliphatic rings. The van der Waals surface area contributed by atoms with E-state index < -0.39 is 34.0 Å². The number of halogens is 4. The van der Waals surface area contributed by atoms with Crippen molar-refractivity contribution in [2.24, 2.45) is 5.10 Å². The molecule has 1 N–H and O–H groups in total. The number of methoxy groups -OCH3 is 2. The molecule has 0 aliphatic heterocycles. The quantitative estimate of drug-likeness (QED) is 0.121. The van der Waals surface area contributed by atoms with Gasteiger partial charge in [-0.15, -0.1) is 0 Å². The molecule has 0 heterocycles. The highest BCUT2D eigenvalue weighted by molar-refractivity contribution is 6.32. The monoisotopic (exact) mass is 579 g/mol. The number of nitrogens with one attached hydrogen (secondary N) is 1. The van der Waals surface area contributed by atoms with E-state index in [1.54, 1.807) is 12.1 Å². The first-order chi connectivity index (χ1) is 19.0. The largest absolute Gasteiger partial charge is 0.493 e. The van der Waals surface area contributed by atoms with E-state index in [1.807, 2.05) is 0 Å². The van der Waals surface area contributed by atoms with E-state index in [1.165, 1.54) is 44.7 Å². The summed E-state index contributed by atoms with van der Waals surface area (Å²) in [6.07, 6.45) is -1.98. The van der Waals surface area contributed by atoms with Crippen molar-refractivity contribution < 1.29 is 41.8 Å². The molecule has 0 unspecified atom stereocenters. The number of nitrogens with zero attached hydrogens (tertiary/aromatic N) is 2. The third-order valence-electron chi connectivity index (χ3n) is 5.11. The lowest BCUT2D eigenvalue weighted by atomic mass is 10.1. The Balaban J connectivity index is 1.80. The summed E-state index contributed by atoms with van der Waals surface area (Å²) in [7, 11) is 2.69. The number of amides is 1. The molecular formula is C26H21ClF3N3O7. The molecule has 3 aromatic rings. The zero-order valence-electron chi connectivity index (χ0n) is 21.0. The van der Waals surface area contributed by atoms with Crippen LogP contribution in [0.5, 0.6) is 28.7 Å². The van der Waals surface area contributed by atoms with Gasteiger partial charge in [-0.25, -0.2) is 5.43 Å². The lowest BCUT2D eigenvalue weighted by Gasteiger charge is -2.14. The van der Waals surface area contributed by atoms with Crippen molar-refractivity contribution >= 4 is 29.4 Å². The highest BCUT2D eigenvalue weighted by Crippen LogP contribution is 2.43. The molecule has 14 heteroatoms. The Morgan fingerprint density at radius 1 is 1.07 bits per heavy atom. The second-order valence-corrected chi connectivity index (χ2v) is 8.15. The topological polar surface area (TPSA) is 122 Å². The summed E-state index contributed by atoms with van der Waals surface area (Å²) in [5.41, 5.74) is 0.783. The average Bonchev–Trinajstić information content (AvgIpc) is 2.92. The van der Waals surface area contributed by atoms with Crippen molar-refractivity contribution in [3.63, 3.8) is 0 Å². The Labute approximate surface area is 230 Å². The van der Waals surface area contributed by atoms with Crippen molar-refractivity contribution in [1.82, 2.24) is 5.43 Å². The maximum atomic E-state index is 13.0. The van der Waals surface area contributed by atoms with Crippen LogP contribution in [0.3, 0.4) is 0 Å². The van der Waals surface area contributed by atoms with Crippen LogP contribution in [0.1, 0.15) is 21.5 Å². The van der Waals surface area contributed by atoms with Crippen LogP contribution in [0.4, 0.5) is 18.9 Å².